The van der Waals surface area contributed by atoms with Gasteiger partial charge >= 0.3 is 5.97 Å². The van der Waals surface area contributed by atoms with E-state index in [1.165, 1.54) is 16.7 Å². The molecule has 7 nitrogen and oxygen atoms in total. The van der Waals surface area contributed by atoms with E-state index in [0.29, 0.717) is 10.0 Å². The molecule has 1 aliphatic heterocycles. The van der Waals surface area contributed by atoms with Crippen LogP contribution in [-0.2, 0) is 4.74 Å². The minimum absolute atomic E-state index is 0.141. The van der Waals surface area contributed by atoms with Gasteiger partial charge in [0, 0.05) is 9.26 Å². The largest absolute Gasteiger partial charge is 0.440 e. The summed E-state index contributed by atoms with van der Waals surface area (Å²) in [6.45, 7) is 3.48. The molecule has 0 aliphatic carbocycles. The standard InChI is InChI=1S/C20H15F2IN4O3S2/c1-3-31-20-26-25-19(32-20)24-17(28)11-7-12-16(15(22)14(11)21)27(8-30-18(12)29)13-5-4-10(23)6-9(13)2/h4-7H,3,8H2,1-2H3,(H,24,25,28). The van der Waals surface area contributed by atoms with Gasteiger partial charge in [0.2, 0.25) is 5.13 Å². The van der Waals surface area contributed by atoms with Crippen LogP contribution < -0.4 is 10.2 Å². The molecule has 1 amide bonds. The van der Waals surface area contributed by atoms with Crippen LogP contribution in [0, 0.1) is 22.1 Å². The molecule has 1 aliphatic rings. The Morgan fingerprint density at radius 1 is 1.31 bits per heavy atom. The fourth-order valence-corrected chi connectivity index (χ4v) is 5.48. The van der Waals surface area contributed by atoms with Crippen LogP contribution in [0.25, 0.3) is 0 Å². The second-order valence-corrected chi connectivity index (χ2v) is 10.4. The number of aryl methyl sites for hydroxylation is 1. The van der Waals surface area contributed by atoms with Crippen LogP contribution in [0.2, 0.25) is 0 Å². The molecule has 0 atom stereocenters. The third-order valence-corrected chi connectivity index (χ3v) is 7.11. The molecule has 166 valence electrons. The van der Waals surface area contributed by atoms with E-state index >= 15 is 4.39 Å². The third-order valence-electron chi connectivity index (χ3n) is 4.58. The molecule has 4 rings (SSSR count). The Morgan fingerprint density at radius 2 is 2.09 bits per heavy atom. The number of halogens is 3. The van der Waals surface area contributed by atoms with Gasteiger partial charge in [0.25, 0.3) is 5.91 Å². The van der Waals surface area contributed by atoms with Crippen LogP contribution >= 0.6 is 45.7 Å². The molecule has 2 heterocycles. The number of nitrogens with one attached hydrogen (secondary N) is 1. The maximum atomic E-state index is 15.2. The number of esters is 1. The SMILES string of the molecule is CCSc1nnc(NC(=O)c2cc3c(c(F)c2F)N(c2ccc(I)cc2C)COC3=O)s1. The number of thioether (sulfide) groups is 1. The molecular formula is C20H15F2IN4O3S2. The number of carbonyl (C=O) groups excluding carboxylic acids is 2. The minimum Gasteiger partial charge on any atom is -0.440 e. The second kappa shape index (κ2) is 9.27. The first kappa shape index (κ1) is 22.9. The van der Waals surface area contributed by atoms with Crippen molar-refractivity contribution in [1.29, 1.82) is 0 Å². The van der Waals surface area contributed by atoms with Crippen LogP contribution in [0.5, 0.6) is 0 Å². The average molecular weight is 588 g/mol. The lowest BCUT2D eigenvalue weighted by atomic mass is 10.0. The number of amides is 1. The summed E-state index contributed by atoms with van der Waals surface area (Å²) in [5.41, 5.74) is 0.220. The van der Waals surface area contributed by atoms with Gasteiger partial charge in [-0.05, 0) is 65.1 Å². The van der Waals surface area contributed by atoms with Crippen molar-refractivity contribution in [2.45, 2.75) is 18.2 Å². The summed E-state index contributed by atoms with van der Waals surface area (Å²) in [5, 5.41) is 10.3. The predicted molar refractivity (Wildman–Crippen MR) is 127 cm³/mol. The van der Waals surface area contributed by atoms with Gasteiger partial charge in [-0.2, -0.15) is 0 Å². The van der Waals surface area contributed by atoms with Gasteiger partial charge in [-0.1, -0.05) is 30.0 Å². The van der Waals surface area contributed by atoms with Crippen molar-refractivity contribution in [3.05, 3.63) is 56.2 Å². The summed E-state index contributed by atoms with van der Waals surface area (Å²) < 4.78 is 37.0. The van der Waals surface area contributed by atoms with Gasteiger partial charge in [0.1, 0.15) is 0 Å². The summed E-state index contributed by atoms with van der Waals surface area (Å²) in [6.07, 6.45) is 0. The number of hydrogen-bond acceptors (Lipinski definition) is 8. The Hall–Kier alpha value is -2.32. The molecule has 0 fully saturated rings. The van der Waals surface area contributed by atoms with Gasteiger partial charge in [0.05, 0.1) is 16.8 Å². The molecule has 2 aromatic carbocycles. The van der Waals surface area contributed by atoms with E-state index in [-0.39, 0.29) is 23.1 Å². The van der Waals surface area contributed by atoms with Crippen LogP contribution in [0.3, 0.4) is 0 Å². The molecule has 0 bridgehead atoms. The van der Waals surface area contributed by atoms with E-state index in [0.717, 1.165) is 32.3 Å². The van der Waals surface area contributed by atoms with E-state index in [1.807, 2.05) is 26.0 Å². The first-order valence-corrected chi connectivity index (χ1v) is 12.2. The van der Waals surface area contributed by atoms with Gasteiger partial charge in [-0.3, -0.25) is 10.1 Å². The van der Waals surface area contributed by atoms with Crippen molar-refractivity contribution in [2.75, 3.05) is 22.7 Å². The smallest absolute Gasteiger partial charge is 0.342 e. The van der Waals surface area contributed by atoms with Crippen LogP contribution in [0.4, 0.5) is 25.3 Å². The number of nitrogens with zero attached hydrogens (tertiary/aromatic N) is 3. The highest BCUT2D eigenvalue weighted by Crippen LogP contribution is 2.39. The van der Waals surface area contributed by atoms with Crippen molar-refractivity contribution in [2.24, 2.45) is 0 Å². The number of carbonyl (C=O) groups is 2. The zero-order valence-corrected chi connectivity index (χ0v) is 20.5. The van der Waals surface area contributed by atoms with E-state index in [1.54, 1.807) is 6.07 Å². The molecular weight excluding hydrogens is 573 g/mol. The summed E-state index contributed by atoms with van der Waals surface area (Å²) in [5.74, 6) is -3.68. The normalized spacial score (nSPS) is 13.0. The molecule has 0 saturated carbocycles. The van der Waals surface area contributed by atoms with E-state index in [9.17, 15) is 14.0 Å². The van der Waals surface area contributed by atoms with Crippen LogP contribution in [-0.4, -0.2) is 34.6 Å². The molecule has 0 unspecified atom stereocenters. The third kappa shape index (κ3) is 4.30. The second-order valence-electron chi connectivity index (χ2n) is 6.63. The molecule has 12 heteroatoms. The van der Waals surface area contributed by atoms with E-state index < -0.39 is 29.1 Å². The average Bonchev–Trinajstić information content (AvgIpc) is 3.18. The topological polar surface area (TPSA) is 84.4 Å². The number of ether oxygens (including phenoxy) is 1. The number of anilines is 3. The molecule has 3 aromatic rings. The molecule has 32 heavy (non-hydrogen) atoms. The Bertz CT molecular complexity index is 1240. The number of rotatable bonds is 5. The molecule has 1 N–H and O–H groups in total. The molecule has 1 aromatic heterocycles. The summed E-state index contributed by atoms with van der Waals surface area (Å²) in [6, 6.07) is 6.42. The zero-order chi connectivity index (χ0) is 23.0. The van der Waals surface area contributed by atoms with Crippen molar-refractivity contribution < 1.29 is 23.1 Å². The lowest BCUT2D eigenvalue weighted by Crippen LogP contribution is -2.33. The summed E-state index contributed by atoms with van der Waals surface area (Å²) in [7, 11) is 0. The zero-order valence-electron chi connectivity index (χ0n) is 16.7. The Kier molecular flexibility index (Phi) is 6.62. The van der Waals surface area contributed by atoms with E-state index in [4.69, 9.17) is 4.74 Å². The van der Waals surface area contributed by atoms with Gasteiger partial charge in [-0.25, -0.2) is 13.6 Å². The number of aromatic nitrogens is 2. The number of cyclic esters (lactones) is 1. The number of benzene rings is 2. The van der Waals surface area contributed by atoms with E-state index in [2.05, 4.69) is 38.1 Å². The Labute approximate surface area is 203 Å². The van der Waals surface area contributed by atoms with Crippen molar-refractivity contribution in [3.8, 4) is 0 Å². The Balaban J connectivity index is 1.73. The number of hydrogen-bond donors (Lipinski definition) is 1. The monoisotopic (exact) mass is 588 g/mol. The van der Waals surface area contributed by atoms with Crippen molar-refractivity contribution >= 4 is 74.1 Å². The quantitative estimate of drug-likeness (QED) is 0.186. The predicted octanol–water partition coefficient (Wildman–Crippen LogP) is 5.36. The van der Waals surface area contributed by atoms with Crippen LogP contribution in [0.1, 0.15) is 33.2 Å². The maximum absolute atomic E-state index is 15.2. The summed E-state index contributed by atoms with van der Waals surface area (Å²) >= 11 is 4.69. The highest BCUT2D eigenvalue weighted by molar-refractivity contribution is 14.1. The van der Waals surface area contributed by atoms with Gasteiger partial charge in [0.15, 0.2) is 22.7 Å². The fourth-order valence-electron chi connectivity index (χ4n) is 3.18. The Morgan fingerprint density at radius 3 is 2.81 bits per heavy atom. The lowest BCUT2D eigenvalue weighted by Gasteiger charge is -2.32. The first-order valence-electron chi connectivity index (χ1n) is 9.30. The molecule has 0 saturated heterocycles. The van der Waals surface area contributed by atoms with Crippen LogP contribution in [0.15, 0.2) is 28.6 Å². The molecule has 0 radical (unpaired) electrons. The number of fused-ring (bicyclic) bond motifs is 1. The minimum atomic E-state index is -1.36. The van der Waals surface area contributed by atoms with Gasteiger partial charge < -0.3 is 9.64 Å². The van der Waals surface area contributed by atoms with Crippen molar-refractivity contribution in [3.63, 3.8) is 0 Å². The first-order chi connectivity index (χ1) is 15.3. The highest BCUT2D eigenvalue weighted by atomic mass is 127. The fraction of sp³-hybridized carbons (Fsp3) is 0.200. The van der Waals surface area contributed by atoms with Crippen molar-refractivity contribution in [1.82, 2.24) is 10.2 Å². The maximum Gasteiger partial charge on any atom is 0.342 e. The van der Waals surface area contributed by atoms with Gasteiger partial charge in [-0.15, -0.1) is 10.2 Å². The lowest BCUT2D eigenvalue weighted by molar-refractivity contribution is 0.0491. The molecule has 0 spiro atoms. The highest BCUT2D eigenvalue weighted by Gasteiger charge is 2.34. The summed E-state index contributed by atoms with van der Waals surface area (Å²) in [4.78, 5) is 26.4.